The Kier molecular flexibility index (Phi) is 5.12. The molecule has 3 nitrogen and oxygen atoms in total. The Morgan fingerprint density at radius 2 is 2.00 bits per heavy atom. The summed E-state index contributed by atoms with van der Waals surface area (Å²) in [5.41, 5.74) is 5.73. The molecule has 1 aromatic rings. The summed E-state index contributed by atoms with van der Waals surface area (Å²) in [7, 11) is 1.34. The standard InChI is InChI=1S/C11H14ClNO2S/c1-7(10(13)11(14)15-2)16-9-5-3-8(12)4-6-9/h3-7,10H,13H2,1-2H3/t7-,10+/m0/s1. The zero-order valence-electron chi connectivity index (χ0n) is 9.14. The maximum Gasteiger partial charge on any atom is 0.323 e. The monoisotopic (exact) mass is 259 g/mol. The summed E-state index contributed by atoms with van der Waals surface area (Å²) in [5.74, 6) is -0.394. The first-order valence-corrected chi connectivity index (χ1v) is 6.06. The van der Waals surface area contributed by atoms with Crippen molar-refractivity contribution in [3.8, 4) is 0 Å². The van der Waals surface area contributed by atoms with E-state index in [0.717, 1.165) is 4.90 Å². The average Bonchev–Trinajstić information content (AvgIpc) is 2.30. The van der Waals surface area contributed by atoms with E-state index in [4.69, 9.17) is 17.3 Å². The van der Waals surface area contributed by atoms with Crippen LogP contribution in [0.4, 0.5) is 0 Å². The number of carbonyl (C=O) groups is 1. The highest BCUT2D eigenvalue weighted by atomic mass is 35.5. The fourth-order valence-corrected chi connectivity index (χ4v) is 2.24. The van der Waals surface area contributed by atoms with E-state index >= 15 is 0 Å². The lowest BCUT2D eigenvalue weighted by Gasteiger charge is -2.16. The number of methoxy groups -OCH3 is 1. The summed E-state index contributed by atoms with van der Waals surface area (Å²) in [5, 5.41) is 0.642. The summed E-state index contributed by atoms with van der Waals surface area (Å²) >= 11 is 7.30. The molecular formula is C11H14ClNO2S. The molecule has 2 N–H and O–H groups in total. The zero-order valence-corrected chi connectivity index (χ0v) is 10.7. The largest absolute Gasteiger partial charge is 0.468 e. The van der Waals surface area contributed by atoms with Gasteiger partial charge < -0.3 is 10.5 Å². The van der Waals surface area contributed by atoms with Crippen LogP contribution < -0.4 is 5.73 Å². The third-order valence-electron chi connectivity index (χ3n) is 2.11. The van der Waals surface area contributed by atoms with Crippen LogP contribution in [-0.2, 0) is 9.53 Å². The van der Waals surface area contributed by atoms with Crippen LogP contribution in [0.3, 0.4) is 0 Å². The number of benzene rings is 1. The lowest BCUT2D eigenvalue weighted by atomic mass is 10.2. The van der Waals surface area contributed by atoms with Gasteiger partial charge in [0.2, 0.25) is 0 Å². The number of esters is 1. The zero-order chi connectivity index (χ0) is 12.1. The third-order valence-corrected chi connectivity index (χ3v) is 3.58. The number of hydrogen-bond donors (Lipinski definition) is 1. The van der Waals surface area contributed by atoms with Gasteiger partial charge in [0.1, 0.15) is 6.04 Å². The molecule has 0 bridgehead atoms. The topological polar surface area (TPSA) is 52.3 Å². The summed E-state index contributed by atoms with van der Waals surface area (Å²) in [6.45, 7) is 1.89. The highest BCUT2D eigenvalue weighted by molar-refractivity contribution is 8.00. The third kappa shape index (κ3) is 3.70. The van der Waals surface area contributed by atoms with Gasteiger partial charge in [-0.25, -0.2) is 0 Å². The number of nitrogens with two attached hydrogens (primary N) is 1. The molecule has 16 heavy (non-hydrogen) atoms. The van der Waals surface area contributed by atoms with Gasteiger partial charge in [0.15, 0.2) is 0 Å². The minimum atomic E-state index is -0.620. The predicted octanol–water partition coefficient (Wildman–Crippen LogP) is 2.32. The lowest BCUT2D eigenvalue weighted by Crippen LogP contribution is -2.39. The van der Waals surface area contributed by atoms with Gasteiger partial charge in [-0.15, -0.1) is 11.8 Å². The summed E-state index contributed by atoms with van der Waals surface area (Å²) in [6, 6.07) is 6.78. The molecule has 0 aromatic heterocycles. The molecular weight excluding hydrogens is 246 g/mol. The van der Waals surface area contributed by atoms with Crippen molar-refractivity contribution in [2.24, 2.45) is 5.73 Å². The van der Waals surface area contributed by atoms with Crippen LogP contribution in [0, 0.1) is 0 Å². The summed E-state index contributed by atoms with van der Waals surface area (Å²) in [6.07, 6.45) is 0. The van der Waals surface area contributed by atoms with Crippen LogP contribution in [0.15, 0.2) is 29.2 Å². The van der Waals surface area contributed by atoms with Crippen molar-refractivity contribution >= 4 is 29.3 Å². The Bertz CT molecular complexity index is 356. The molecule has 0 amide bonds. The van der Waals surface area contributed by atoms with Crippen LogP contribution in [-0.4, -0.2) is 24.4 Å². The van der Waals surface area contributed by atoms with Crippen molar-refractivity contribution in [2.75, 3.05) is 7.11 Å². The van der Waals surface area contributed by atoms with Crippen molar-refractivity contribution in [3.05, 3.63) is 29.3 Å². The fraction of sp³-hybridized carbons (Fsp3) is 0.364. The molecule has 0 radical (unpaired) electrons. The number of thioether (sulfide) groups is 1. The quantitative estimate of drug-likeness (QED) is 0.666. The van der Waals surface area contributed by atoms with Crippen LogP contribution >= 0.6 is 23.4 Å². The SMILES string of the molecule is COC(=O)[C@H](N)[C@H](C)Sc1ccc(Cl)cc1. The van der Waals surface area contributed by atoms with Gasteiger partial charge in [0.05, 0.1) is 7.11 Å². The molecule has 0 unspecified atom stereocenters. The van der Waals surface area contributed by atoms with E-state index < -0.39 is 12.0 Å². The predicted molar refractivity (Wildman–Crippen MR) is 66.8 cm³/mol. The van der Waals surface area contributed by atoms with Gasteiger partial charge in [-0.05, 0) is 24.3 Å². The molecule has 0 aliphatic heterocycles. The van der Waals surface area contributed by atoms with E-state index in [9.17, 15) is 4.79 Å². The molecule has 0 saturated heterocycles. The van der Waals surface area contributed by atoms with Gasteiger partial charge in [0.25, 0.3) is 0 Å². The molecule has 0 spiro atoms. The Morgan fingerprint density at radius 1 is 1.44 bits per heavy atom. The molecule has 0 fully saturated rings. The molecule has 1 aromatic carbocycles. The number of hydrogen-bond acceptors (Lipinski definition) is 4. The fourth-order valence-electron chi connectivity index (χ4n) is 1.13. The highest BCUT2D eigenvalue weighted by Crippen LogP contribution is 2.26. The van der Waals surface area contributed by atoms with Crippen LogP contribution in [0.5, 0.6) is 0 Å². The minimum absolute atomic E-state index is 0.0476. The molecule has 0 aliphatic rings. The molecule has 88 valence electrons. The van der Waals surface area contributed by atoms with Gasteiger partial charge >= 0.3 is 5.97 Å². The summed E-state index contributed by atoms with van der Waals surface area (Å²) < 4.78 is 4.59. The number of halogens is 1. The van der Waals surface area contributed by atoms with Crippen molar-refractivity contribution in [2.45, 2.75) is 23.1 Å². The first-order valence-electron chi connectivity index (χ1n) is 4.80. The van der Waals surface area contributed by atoms with Crippen molar-refractivity contribution in [1.82, 2.24) is 0 Å². The van der Waals surface area contributed by atoms with E-state index in [-0.39, 0.29) is 5.25 Å². The molecule has 0 saturated carbocycles. The van der Waals surface area contributed by atoms with E-state index in [1.165, 1.54) is 18.9 Å². The summed E-state index contributed by atoms with van der Waals surface area (Å²) in [4.78, 5) is 12.2. The maximum atomic E-state index is 11.2. The Morgan fingerprint density at radius 3 is 2.50 bits per heavy atom. The van der Waals surface area contributed by atoms with Crippen molar-refractivity contribution in [1.29, 1.82) is 0 Å². The maximum absolute atomic E-state index is 11.2. The second-order valence-corrected chi connectivity index (χ2v) is 5.21. The molecule has 2 atom stereocenters. The van der Waals surface area contributed by atoms with Crippen molar-refractivity contribution < 1.29 is 9.53 Å². The van der Waals surface area contributed by atoms with Gasteiger partial charge in [-0.3, -0.25) is 4.79 Å². The highest BCUT2D eigenvalue weighted by Gasteiger charge is 2.22. The minimum Gasteiger partial charge on any atom is -0.468 e. The lowest BCUT2D eigenvalue weighted by molar-refractivity contribution is -0.142. The molecule has 1 rings (SSSR count). The number of ether oxygens (including phenoxy) is 1. The van der Waals surface area contributed by atoms with E-state index in [1.807, 2.05) is 19.1 Å². The first kappa shape index (κ1) is 13.4. The molecule has 0 aliphatic carbocycles. The average molecular weight is 260 g/mol. The second-order valence-electron chi connectivity index (χ2n) is 3.33. The van der Waals surface area contributed by atoms with Crippen LogP contribution in [0.25, 0.3) is 0 Å². The number of carbonyl (C=O) groups excluding carboxylic acids is 1. The second kappa shape index (κ2) is 6.13. The van der Waals surface area contributed by atoms with E-state index in [2.05, 4.69) is 4.74 Å². The molecule has 5 heteroatoms. The molecule has 0 heterocycles. The van der Waals surface area contributed by atoms with Gasteiger partial charge in [-0.2, -0.15) is 0 Å². The van der Waals surface area contributed by atoms with Crippen molar-refractivity contribution in [3.63, 3.8) is 0 Å². The number of rotatable bonds is 4. The Hall–Kier alpha value is -0.710. The van der Waals surface area contributed by atoms with E-state index in [1.54, 1.807) is 12.1 Å². The normalized spacial score (nSPS) is 14.2. The van der Waals surface area contributed by atoms with E-state index in [0.29, 0.717) is 5.02 Å². The smallest absolute Gasteiger partial charge is 0.323 e. The van der Waals surface area contributed by atoms with Crippen LogP contribution in [0.2, 0.25) is 5.02 Å². The van der Waals surface area contributed by atoms with Gasteiger partial charge in [0, 0.05) is 15.2 Å². The Labute approximate surface area is 104 Å². The first-order chi connectivity index (χ1) is 7.54. The Balaban J connectivity index is 2.60. The van der Waals surface area contributed by atoms with Crippen LogP contribution in [0.1, 0.15) is 6.92 Å². The van der Waals surface area contributed by atoms with Gasteiger partial charge in [-0.1, -0.05) is 18.5 Å².